The molecule has 0 aliphatic carbocycles. The van der Waals surface area contributed by atoms with Crippen molar-refractivity contribution in [3.8, 4) is 45.3 Å². The molecule has 0 atom stereocenters. The number of thiophene rings is 1. The van der Waals surface area contributed by atoms with Gasteiger partial charge in [-0.1, -0.05) is 103 Å². The maximum atomic E-state index is 6.09. The molecule has 5 heteroatoms. The van der Waals surface area contributed by atoms with Gasteiger partial charge in [0.25, 0.3) is 0 Å². The van der Waals surface area contributed by atoms with Crippen LogP contribution in [0.3, 0.4) is 0 Å². The Morgan fingerprint density at radius 2 is 1.02 bits per heavy atom. The molecule has 44 heavy (non-hydrogen) atoms. The van der Waals surface area contributed by atoms with Crippen LogP contribution in [0.5, 0.6) is 0 Å². The summed E-state index contributed by atoms with van der Waals surface area (Å²) in [5.74, 6) is 1.99. The molecule has 0 unspecified atom stereocenters. The normalized spacial score (nSPS) is 11.6. The molecule has 9 aromatic rings. The fourth-order valence-corrected chi connectivity index (χ4v) is 7.14. The quantitative estimate of drug-likeness (QED) is 0.207. The van der Waals surface area contributed by atoms with E-state index in [-0.39, 0.29) is 0 Å². The third kappa shape index (κ3) is 4.09. The highest BCUT2D eigenvalue weighted by atomic mass is 32.1. The fraction of sp³-hybridized carbons (Fsp3) is 0. The number of furan rings is 1. The van der Waals surface area contributed by atoms with E-state index in [2.05, 4.69) is 66.7 Å². The number of para-hydroxylation sites is 1. The van der Waals surface area contributed by atoms with Gasteiger partial charge < -0.3 is 4.42 Å². The zero-order chi connectivity index (χ0) is 29.0. The van der Waals surface area contributed by atoms with Crippen LogP contribution < -0.4 is 0 Å². The van der Waals surface area contributed by atoms with Crippen molar-refractivity contribution in [2.24, 2.45) is 0 Å². The molecular formula is C39H23N3OS. The Bertz CT molecular complexity index is 2440. The van der Waals surface area contributed by atoms with Crippen LogP contribution in [0.2, 0.25) is 0 Å². The Kier molecular flexibility index (Phi) is 5.64. The first-order valence-corrected chi connectivity index (χ1v) is 15.3. The highest BCUT2D eigenvalue weighted by Gasteiger charge is 2.17. The Hall–Kier alpha value is -5.65. The molecule has 0 amide bonds. The molecule has 0 fully saturated rings. The summed E-state index contributed by atoms with van der Waals surface area (Å²) >= 11 is 1.80. The van der Waals surface area contributed by atoms with E-state index in [0.29, 0.717) is 17.5 Å². The van der Waals surface area contributed by atoms with Gasteiger partial charge in [-0.05, 0) is 47.5 Å². The van der Waals surface area contributed by atoms with E-state index < -0.39 is 0 Å². The van der Waals surface area contributed by atoms with Gasteiger partial charge in [0.1, 0.15) is 11.2 Å². The summed E-state index contributed by atoms with van der Waals surface area (Å²) in [4.78, 5) is 15.0. The van der Waals surface area contributed by atoms with Crippen LogP contribution in [0.15, 0.2) is 144 Å². The topological polar surface area (TPSA) is 51.8 Å². The summed E-state index contributed by atoms with van der Waals surface area (Å²) in [5.41, 5.74) is 7.04. The average Bonchev–Trinajstić information content (AvgIpc) is 3.66. The minimum absolute atomic E-state index is 0.660. The molecule has 0 aliphatic rings. The number of rotatable bonds is 4. The summed E-state index contributed by atoms with van der Waals surface area (Å²) in [7, 11) is 0. The van der Waals surface area contributed by atoms with Gasteiger partial charge in [-0.15, -0.1) is 11.3 Å². The van der Waals surface area contributed by atoms with Crippen molar-refractivity contribution in [1.29, 1.82) is 0 Å². The fourth-order valence-electron chi connectivity index (χ4n) is 6.03. The van der Waals surface area contributed by atoms with Crippen LogP contribution in [0, 0.1) is 0 Å². The second kappa shape index (κ2) is 9.97. The van der Waals surface area contributed by atoms with E-state index in [4.69, 9.17) is 19.4 Å². The Morgan fingerprint density at radius 3 is 1.77 bits per heavy atom. The summed E-state index contributed by atoms with van der Waals surface area (Å²) in [6.07, 6.45) is 0. The summed E-state index contributed by atoms with van der Waals surface area (Å²) in [5, 5.41) is 4.61. The van der Waals surface area contributed by atoms with Gasteiger partial charge in [-0.25, -0.2) is 15.0 Å². The zero-order valence-corrected chi connectivity index (χ0v) is 24.3. The number of fused-ring (bicyclic) bond motifs is 6. The van der Waals surface area contributed by atoms with Crippen molar-refractivity contribution in [3.63, 3.8) is 0 Å². The summed E-state index contributed by atoms with van der Waals surface area (Å²) in [6, 6.07) is 48.1. The minimum Gasteiger partial charge on any atom is -0.456 e. The van der Waals surface area contributed by atoms with Gasteiger partial charge in [0.05, 0.1) is 0 Å². The first kappa shape index (κ1) is 24.9. The largest absolute Gasteiger partial charge is 0.456 e. The minimum atomic E-state index is 0.660. The Labute approximate surface area is 256 Å². The van der Waals surface area contributed by atoms with Gasteiger partial charge in [0, 0.05) is 47.6 Å². The number of benzene rings is 6. The average molecular weight is 582 g/mol. The maximum absolute atomic E-state index is 6.09. The standard InChI is InChI=1S/C39H23N3OS/c1-3-10-24(11-4-1)37-40-38(25-12-5-2-6-13-25)42-39(41-37)29-15-9-17-35-36(29)31-23-27(19-21-34(31)44-35)26-18-20-33-30(22-26)28-14-7-8-16-32(28)43-33/h1-23H. The number of hydrogen-bond donors (Lipinski definition) is 0. The van der Waals surface area contributed by atoms with Crippen LogP contribution in [0.4, 0.5) is 0 Å². The molecule has 0 radical (unpaired) electrons. The lowest BCUT2D eigenvalue weighted by Gasteiger charge is -2.10. The lowest BCUT2D eigenvalue weighted by Crippen LogP contribution is -2.00. The molecule has 0 spiro atoms. The van der Waals surface area contributed by atoms with E-state index in [1.807, 2.05) is 72.8 Å². The van der Waals surface area contributed by atoms with Crippen molar-refractivity contribution in [2.75, 3.05) is 0 Å². The van der Waals surface area contributed by atoms with Crippen molar-refractivity contribution in [3.05, 3.63) is 140 Å². The Morgan fingerprint density at radius 1 is 0.409 bits per heavy atom. The molecule has 9 rings (SSSR count). The molecule has 0 N–H and O–H groups in total. The van der Waals surface area contributed by atoms with Gasteiger partial charge >= 0.3 is 0 Å². The third-order valence-electron chi connectivity index (χ3n) is 8.15. The second-order valence-corrected chi connectivity index (χ2v) is 11.9. The predicted molar refractivity (Wildman–Crippen MR) is 182 cm³/mol. The smallest absolute Gasteiger partial charge is 0.164 e. The Balaban J connectivity index is 1.25. The lowest BCUT2D eigenvalue weighted by molar-refractivity contribution is 0.669. The molecule has 6 aromatic carbocycles. The molecule has 0 bridgehead atoms. The molecule has 206 valence electrons. The highest BCUT2D eigenvalue weighted by molar-refractivity contribution is 7.26. The molecule has 0 aliphatic heterocycles. The van der Waals surface area contributed by atoms with Crippen LogP contribution in [0.25, 0.3) is 87.4 Å². The first-order valence-electron chi connectivity index (χ1n) is 14.5. The third-order valence-corrected chi connectivity index (χ3v) is 9.28. The molecule has 3 aromatic heterocycles. The van der Waals surface area contributed by atoms with E-state index in [1.54, 1.807) is 11.3 Å². The van der Waals surface area contributed by atoms with Crippen LogP contribution in [-0.2, 0) is 0 Å². The van der Waals surface area contributed by atoms with Crippen molar-refractivity contribution < 1.29 is 4.42 Å². The molecule has 3 heterocycles. The van der Waals surface area contributed by atoms with Crippen LogP contribution in [0.1, 0.15) is 0 Å². The summed E-state index contributed by atoms with van der Waals surface area (Å²) < 4.78 is 8.52. The zero-order valence-electron chi connectivity index (χ0n) is 23.4. The second-order valence-electron chi connectivity index (χ2n) is 10.8. The van der Waals surface area contributed by atoms with Gasteiger partial charge in [0.2, 0.25) is 0 Å². The van der Waals surface area contributed by atoms with Crippen molar-refractivity contribution in [2.45, 2.75) is 0 Å². The summed E-state index contributed by atoms with van der Waals surface area (Å²) in [6.45, 7) is 0. The van der Waals surface area contributed by atoms with Crippen molar-refractivity contribution in [1.82, 2.24) is 15.0 Å². The van der Waals surface area contributed by atoms with Gasteiger partial charge in [0.15, 0.2) is 17.5 Å². The molecule has 0 saturated carbocycles. The number of nitrogens with zero attached hydrogens (tertiary/aromatic N) is 3. The SMILES string of the molecule is c1ccc(-c2nc(-c3ccccc3)nc(-c3cccc4sc5ccc(-c6ccc7oc8ccccc8c7c6)cc5c34)n2)cc1. The number of aromatic nitrogens is 3. The lowest BCUT2D eigenvalue weighted by atomic mass is 9.99. The van der Waals surface area contributed by atoms with E-state index in [0.717, 1.165) is 55.1 Å². The highest BCUT2D eigenvalue weighted by Crippen LogP contribution is 2.42. The molecular weight excluding hydrogens is 559 g/mol. The predicted octanol–water partition coefficient (Wildman–Crippen LogP) is 10.8. The van der Waals surface area contributed by atoms with Crippen LogP contribution >= 0.6 is 11.3 Å². The van der Waals surface area contributed by atoms with E-state index in [1.165, 1.54) is 14.8 Å². The number of hydrogen-bond acceptors (Lipinski definition) is 5. The maximum Gasteiger partial charge on any atom is 0.164 e. The monoisotopic (exact) mass is 581 g/mol. The molecule has 0 saturated heterocycles. The van der Waals surface area contributed by atoms with E-state index >= 15 is 0 Å². The first-order chi connectivity index (χ1) is 21.8. The van der Waals surface area contributed by atoms with Gasteiger partial charge in [-0.2, -0.15) is 0 Å². The van der Waals surface area contributed by atoms with Crippen molar-refractivity contribution >= 4 is 53.4 Å². The van der Waals surface area contributed by atoms with Crippen LogP contribution in [-0.4, -0.2) is 15.0 Å². The van der Waals surface area contributed by atoms with E-state index in [9.17, 15) is 0 Å². The van der Waals surface area contributed by atoms with Gasteiger partial charge in [-0.3, -0.25) is 0 Å². The molecule has 4 nitrogen and oxygen atoms in total.